The molecular formula is C30H44N6O7. The third-order valence-electron chi connectivity index (χ3n) is 6.49. The number of aromatic nitrogens is 1. The first-order chi connectivity index (χ1) is 20.0. The molecule has 4 N–H and O–H groups in total. The summed E-state index contributed by atoms with van der Waals surface area (Å²) in [5, 5.41) is 10.1. The monoisotopic (exact) mass is 600 g/mol. The minimum atomic E-state index is -1.25. The number of carbonyl (C=O) groups is 6. The maximum atomic E-state index is 13.6. The van der Waals surface area contributed by atoms with Gasteiger partial charge in [-0.05, 0) is 57.1 Å². The van der Waals surface area contributed by atoms with Gasteiger partial charge in [0.2, 0.25) is 23.5 Å². The number of Topliss-reactive ketones (excluding diaryl/α,β-unsaturated/α-hetero) is 1. The molecular weight excluding hydrogens is 556 g/mol. The number of ether oxygens (including phenoxy) is 1. The van der Waals surface area contributed by atoms with Gasteiger partial charge in [-0.15, -0.1) is 6.58 Å². The smallest absolute Gasteiger partial charge is 0.408 e. The average Bonchev–Trinajstić information content (AvgIpc) is 3.42. The van der Waals surface area contributed by atoms with Crippen LogP contribution < -0.4 is 21.3 Å². The van der Waals surface area contributed by atoms with Crippen LogP contribution in [0.1, 0.15) is 66.4 Å². The van der Waals surface area contributed by atoms with E-state index in [9.17, 15) is 28.8 Å². The zero-order valence-electron chi connectivity index (χ0n) is 25.8. The topological polar surface area (TPSA) is 176 Å². The van der Waals surface area contributed by atoms with Crippen molar-refractivity contribution in [2.75, 3.05) is 13.1 Å². The molecule has 2 rings (SSSR count). The van der Waals surface area contributed by atoms with Gasteiger partial charge in [-0.25, -0.2) is 4.79 Å². The Bertz CT molecular complexity index is 1190. The molecule has 0 aromatic carbocycles. The van der Waals surface area contributed by atoms with Crippen molar-refractivity contribution in [3.05, 3.63) is 42.7 Å². The Morgan fingerprint density at radius 1 is 1.09 bits per heavy atom. The second-order valence-electron chi connectivity index (χ2n) is 12.4. The van der Waals surface area contributed by atoms with Crippen LogP contribution in [0.3, 0.4) is 0 Å². The Labute approximate surface area is 252 Å². The van der Waals surface area contributed by atoms with Crippen LogP contribution in [0.2, 0.25) is 0 Å². The second-order valence-corrected chi connectivity index (χ2v) is 12.4. The molecule has 43 heavy (non-hydrogen) atoms. The molecule has 1 aromatic heterocycles. The Balaban J connectivity index is 2.03. The highest BCUT2D eigenvalue weighted by atomic mass is 16.6. The summed E-state index contributed by atoms with van der Waals surface area (Å²) in [6.07, 6.45) is 4.64. The zero-order valence-corrected chi connectivity index (χ0v) is 25.8. The highest BCUT2D eigenvalue weighted by Crippen LogP contribution is 2.26. The Kier molecular flexibility index (Phi) is 12.4. The SMILES string of the molecule is C=CCC(NC(=O)[C@@H]1CCCN1C(=O)[C@@H](NC(=O)OC(C)(C)C)C(C)(C)C)C(=O)C(=O)NCC(=O)NCc1cccnc1. The van der Waals surface area contributed by atoms with Gasteiger partial charge in [-0.3, -0.25) is 29.0 Å². The first-order valence-corrected chi connectivity index (χ1v) is 14.2. The lowest BCUT2D eigenvalue weighted by Crippen LogP contribution is -2.59. The number of nitrogens with one attached hydrogen (secondary N) is 4. The van der Waals surface area contributed by atoms with Crippen LogP contribution in [-0.4, -0.2) is 82.2 Å². The fraction of sp³-hybridized carbons (Fsp3) is 0.567. The molecule has 1 fully saturated rings. The summed E-state index contributed by atoms with van der Waals surface area (Å²) in [7, 11) is 0. The van der Waals surface area contributed by atoms with E-state index in [0.29, 0.717) is 12.8 Å². The van der Waals surface area contributed by atoms with E-state index in [1.807, 2.05) is 0 Å². The Morgan fingerprint density at radius 2 is 1.79 bits per heavy atom. The van der Waals surface area contributed by atoms with Gasteiger partial charge in [0.05, 0.1) is 6.54 Å². The third-order valence-corrected chi connectivity index (χ3v) is 6.49. The molecule has 1 saturated heterocycles. The summed E-state index contributed by atoms with van der Waals surface area (Å²) in [6, 6.07) is 0.341. The molecule has 0 bridgehead atoms. The van der Waals surface area contributed by atoms with Crippen LogP contribution in [0.25, 0.3) is 0 Å². The molecule has 1 aliphatic heterocycles. The third kappa shape index (κ3) is 11.1. The molecule has 0 radical (unpaired) electrons. The van der Waals surface area contributed by atoms with Crippen molar-refractivity contribution in [1.82, 2.24) is 31.2 Å². The highest BCUT2D eigenvalue weighted by molar-refractivity contribution is 6.38. The van der Waals surface area contributed by atoms with Gasteiger partial charge in [-0.1, -0.05) is 32.9 Å². The van der Waals surface area contributed by atoms with Gasteiger partial charge in [-0.2, -0.15) is 0 Å². The number of amides is 5. The number of nitrogens with zero attached hydrogens (tertiary/aromatic N) is 2. The molecule has 13 heteroatoms. The zero-order chi connectivity index (χ0) is 32.4. The van der Waals surface area contributed by atoms with E-state index in [4.69, 9.17) is 4.74 Å². The molecule has 2 heterocycles. The highest BCUT2D eigenvalue weighted by Gasteiger charge is 2.43. The fourth-order valence-corrected chi connectivity index (χ4v) is 4.38. The van der Waals surface area contributed by atoms with Gasteiger partial charge in [0, 0.05) is 25.5 Å². The standard InChI is InChI=1S/C30H44N6O7/c1-8-11-20(23(38)26(40)33-18-22(37)32-17-19-12-9-14-31-16-19)34-25(39)21-13-10-15-36(21)27(41)24(29(2,3)4)35-28(42)43-30(5,6)7/h8-9,12,14,16,20-21,24H,1,10-11,13,15,17-18H2,2-7H3,(H,32,37)(H,33,40)(H,34,39)(H,35,42)/t20?,21-,24+/m0/s1. The van der Waals surface area contributed by atoms with E-state index in [1.165, 1.54) is 11.0 Å². The maximum absolute atomic E-state index is 13.6. The van der Waals surface area contributed by atoms with E-state index in [-0.39, 0.29) is 19.5 Å². The van der Waals surface area contributed by atoms with Gasteiger partial charge in [0.15, 0.2) is 0 Å². The molecule has 1 aliphatic rings. The van der Waals surface area contributed by atoms with Crippen molar-refractivity contribution < 1.29 is 33.5 Å². The number of likely N-dealkylation sites (tertiary alicyclic amines) is 1. The molecule has 0 spiro atoms. The van der Waals surface area contributed by atoms with E-state index in [2.05, 4.69) is 32.8 Å². The minimum Gasteiger partial charge on any atom is -0.444 e. The first kappa shape index (κ1) is 34.9. The second kappa shape index (κ2) is 15.3. The molecule has 0 saturated carbocycles. The quantitative estimate of drug-likeness (QED) is 0.205. The lowest BCUT2D eigenvalue weighted by Gasteiger charge is -2.36. The summed E-state index contributed by atoms with van der Waals surface area (Å²) < 4.78 is 5.33. The predicted molar refractivity (Wildman–Crippen MR) is 158 cm³/mol. The molecule has 1 aromatic rings. The predicted octanol–water partition coefficient (Wildman–Crippen LogP) is 1.37. The molecule has 236 valence electrons. The van der Waals surface area contributed by atoms with Crippen molar-refractivity contribution in [3.63, 3.8) is 0 Å². The minimum absolute atomic E-state index is 0.0450. The van der Waals surface area contributed by atoms with Gasteiger partial charge in [0.1, 0.15) is 23.7 Å². The molecule has 0 aliphatic carbocycles. The Hall–Kier alpha value is -4.29. The van der Waals surface area contributed by atoms with Gasteiger partial charge < -0.3 is 30.9 Å². The van der Waals surface area contributed by atoms with Crippen molar-refractivity contribution >= 4 is 35.5 Å². The number of ketones is 1. The van der Waals surface area contributed by atoms with Crippen molar-refractivity contribution in [1.29, 1.82) is 0 Å². The van der Waals surface area contributed by atoms with Crippen molar-refractivity contribution in [2.24, 2.45) is 5.41 Å². The van der Waals surface area contributed by atoms with E-state index >= 15 is 0 Å². The number of pyridine rings is 1. The van der Waals surface area contributed by atoms with Crippen LogP contribution in [0.15, 0.2) is 37.2 Å². The largest absolute Gasteiger partial charge is 0.444 e. The number of hydrogen-bond acceptors (Lipinski definition) is 8. The summed E-state index contributed by atoms with van der Waals surface area (Å²) in [5.41, 5.74) is -0.712. The molecule has 13 nitrogen and oxygen atoms in total. The summed E-state index contributed by atoms with van der Waals surface area (Å²) in [4.78, 5) is 82.4. The van der Waals surface area contributed by atoms with E-state index in [0.717, 1.165) is 5.56 Å². The molecule has 3 atom stereocenters. The van der Waals surface area contributed by atoms with Crippen LogP contribution >= 0.6 is 0 Å². The number of rotatable bonds is 12. The number of hydrogen-bond donors (Lipinski definition) is 4. The maximum Gasteiger partial charge on any atom is 0.408 e. The van der Waals surface area contributed by atoms with Crippen molar-refractivity contribution in [2.45, 2.75) is 91.1 Å². The van der Waals surface area contributed by atoms with Crippen LogP contribution in [-0.2, 0) is 35.3 Å². The summed E-state index contributed by atoms with van der Waals surface area (Å²) in [5.74, 6) is -3.58. The number of alkyl carbamates (subject to hydrolysis) is 1. The lowest BCUT2D eigenvalue weighted by molar-refractivity contribution is -0.144. The molecule has 5 amide bonds. The van der Waals surface area contributed by atoms with E-state index in [1.54, 1.807) is 66.1 Å². The average molecular weight is 601 g/mol. The molecule has 1 unspecified atom stereocenters. The first-order valence-electron chi connectivity index (χ1n) is 14.2. The van der Waals surface area contributed by atoms with Gasteiger partial charge >= 0.3 is 6.09 Å². The Morgan fingerprint density at radius 3 is 2.37 bits per heavy atom. The fourth-order valence-electron chi connectivity index (χ4n) is 4.38. The van der Waals surface area contributed by atoms with Gasteiger partial charge in [0.25, 0.3) is 5.91 Å². The normalized spacial score (nSPS) is 16.3. The van der Waals surface area contributed by atoms with Crippen LogP contribution in [0.4, 0.5) is 4.79 Å². The summed E-state index contributed by atoms with van der Waals surface area (Å²) in [6.45, 7) is 14.1. The lowest BCUT2D eigenvalue weighted by atomic mass is 9.85. The number of carbonyl (C=O) groups excluding carboxylic acids is 6. The van der Waals surface area contributed by atoms with Crippen molar-refractivity contribution in [3.8, 4) is 0 Å². The van der Waals surface area contributed by atoms with Crippen LogP contribution in [0.5, 0.6) is 0 Å². The van der Waals surface area contributed by atoms with E-state index < -0.39 is 71.2 Å². The van der Waals surface area contributed by atoms with Crippen LogP contribution in [0, 0.1) is 5.41 Å². The summed E-state index contributed by atoms with van der Waals surface area (Å²) >= 11 is 0.